The Balaban J connectivity index is 2.42. The van der Waals surface area contributed by atoms with Crippen molar-refractivity contribution in [2.45, 2.75) is 167 Å². The molecule has 64 heavy (non-hydrogen) atoms. The third-order valence-corrected chi connectivity index (χ3v) is 10.8. The summed E-state index contributed by atoms with van der Waals surface area (Å²) in [6.45, 7) is 1.49. The van der Waals surface area contributed by atoms with E-state index in [4.69, 9.17) is 28.5 Å². The average molecular weight is 941 g/mol. The topological polar surface area (TPSA) is 208 Å². The standard InChI is InChI=1S/C48H78O14P2/c1-3-5-7-9-11-12-13-14-15-16-17-18-19-20-21-22-25-29-33-37-47(50)57-41-44(42-60-64(55,56)59-40-43(49)39-58-63(52,53)54)61-48(51)38-34-30-26-23-24-28-32-36-46-45(62-46)35-31-27-10-8-6-4-2/h5,7,11-12,14-15,17-18,20-21,23,26-28,31-32,43-46,49H,3-4,6,8-10,13,16,19,22,24-25,29-30,33-42H2,1-2H3,(H,55,56)(H2,52,53,54)/b7-5-,12-11-,15-14-,18-17-,21-20-,26-23-,31-27-,32-28-/t43-,44+,45?,46?/m0/s1. The van der Waals surface area contributed by atoms with E-state index in [0.29, 0.717) is 25.4 Å². The van der Waals surface area contributed by atoms with Crippen LogP contribution in [0.3, 0.4) is 0 Å². The Morgan fingerprint density at radius 2 is 1.02 bits per heavy atom. The van der Waals surface area contributed by atoms with E-state index in [2.05, 4.69) is 108 Å². The molecule has 1 saturated heterocycles. The molecule has 4 N–H and O–H groups in total. The molecule has 3 unspecified atom stereocenters. The number of aliphatic hydroxyl groups excluding tert-OH is 1. The number of esters is 2. The zero-order valence-corrected chi connectivity index (χ0v) is 40.1. The average Bonchev–Trinajstić information content (AvgIpc) is 4.02. The van der Waals surface area contributed by atoms with Crippen LogP contribution in [0.4, 0.5) is 0 Å². The van der Waals surface area contributed by atoms with Gasteiger partial charge in [-0.25, -0.2) is 9.13 Å². The highest BCUT2D eigenvalue weighted by Crippen LogP contribution is 2.44. The summed E-state index contributed by atoms with van der Waals surface area (Å²) in [6.07, 6.45) is 48.6. The molecular formula is C48H78O14P2. The first kappa shape index (κ1) is 59.0. The summed E-state index contributed by atoms with van der Waals surface area (Å²) in [4.78, 5) is 52.8. The van der Waals surface area contributed by atoms with E-state index in [1.807, 2.05) is 12.2 Å². The summed E-state index contributed by atoms with van der Waals surface area (Å²) in [5.41, 5.74) is 0. The molecule has 0 aromatic heterocycles. The Kier molecular flexibility index (Phi) is 36.1. The van der Waals surface area contributed by atoms with E-state index in [9.17, 15) is 28.7 Å². The summed E-state index contributed by atoms with van der Waals surface area (Å²) >= 11 is 0. The SMILES string of the molecule is CC/C=C\C/C=C\C/C=C\C/C=C\C/C=C\CCCCCC(=O)OC[C@H](COP(=O)(O)OC[C@@H](O)COP(=O)(O)O)OC(=O)CCC/C=C\C/C=C\CC1OC1C/C=C\CCCCC. The minimum absolute atomic E-state index is 0.0367. The molecule has 0 spiro atoms. The highest BCUT2D eigenvalue weighted by molar-refractivity contribution is 7.47. The van der Waals surface area contributed by atoms with Gasteiger partial charge in [0.1, 0.15) is 12.7 Å². The van der Waals surface area contributed by atoms with Crippen LogP contribution in [0.5, 0.6) is 0 Å². The molecular weight excluding hydrogens is 862 g/mol. The van der Waals surface area contributed by atoms with Crippen LogP contribution in [-0.4, -0.2) is 82.6 Å². The predicted molar refractivity (Wildman–Crippen MR) is 252 cm³/mol. The summed E-state index contributed by atoms with van der Waals surface area (Å²) in [6, 6.07) is 0. The van der Waals surface area contributed by atoms with Crippen LogP contribution in [0.15, 0.2) is 97.2 Å². The molecule has 0 aromatic carbocycles. The molecule has 1 fully saturated rings. The van der Waals surface area contributed by atoms with E-state index >= 15 is 0 Å². The second-order valence-corrected chi connectivity index (χ2v) is 18.0. The van der Waals surface area contributed by atoms with Gasteiger partial charge in [0, 0.05) is 12.8 Å². The minimum atomic E-state index is -4.88. The van der Waals surface area contributed by atoms with Crippen molar-refractivity contribution in [1.29, 1.82) is 0 Å². The fraction of sp³-hybridized carbons (Fsp3) is 0.625. The van der Waals surface area contributed by atoms with Crippen molar-refractivity contribution in [1.82, 2.24) is 0 Å². The Hall–Kier alpha value is -3.00. The summed E-state index contributed by atoms with van der Waals surface area (Å²) in [5, 5.41) is 9.76. The Labute approximate surface area is 383 Å². The number of aliphatic hydroxyl groups is 1. The number of rotatable bonds is 41. The van der Waals surface area contributed by atoms with Gasteiger partial charge in [-0.2, -0.15) is 0 Å². The lowest BCUT2D eigenvalue weighted by Gasteiger charge is -2.20. The van der Waals surface area contributed by atoms with E-state index in [1.165, 1.54) is 19.3 Å². The summed E-state index contributed by atoms with van der Waals surface area (Å²) in [5.74, 6) is -1.15. The monoisotopic (exact) mass is 940 g/mol. The molecule has 5 atom stereocenters. The van der Waals surface area contributed by atoms with Crippen LogP contribution in [0.25, 0.3) is 0 Å². The normalized spacial score (nSPS) is 18.0. The smallest absolute Gasteiger partial charge is 0.462 e. The fourth-order valence-electron chi connectivity index (χ4n) is 5.76. The van der Waals surface area contributed by atoms with E-state index in [-0.39, 0.29) is 18.9 Å². The molecule has 14 nitrogen and oxygen atoms in total. The van der Waals surface area contributed by atoms with Crippen molar-refractivity contribution in [3.63, 3.8) is 0 Å². The maximum Gasteiger partial charge on any atom is 0.472 e. The van der Waals surface area contributed by atoms with Crippen molar-refractivity contribution < 1.29 is 66.3 Å². The predicted octanol–water partition coefficient (Wildman–Crippen LogP) is 11.1. The molecule has 1 rings (SSSR count). The lowest BCUT2D eigenvalue weighted by Crippen LogP contribution is -2.29. The Morgan fingerprint density at radius 3 is 1.59 bits per heavy atom. The number of unbranched alkanes of at least 4 members (excludes halogenated alkanes) is 7. The first-order chi connectivity index (χ1) is 30.8. The number of carbonyl (C=O) groups is 2. The second-order valence-electron chi connectivity index (χ2n) is 15.3. The van der Waals surface area contributed by atoms with Gasteiger partial charge in [-0.3, -0.25) is 23.2 Å². The molecule has 0 amide bonds. The van der Waals surface area contributed by atoms with Gasteiger partial charge in [-0.1, -0.05) is 130 Å². The molecule has 1 aliphatic heterocycles. The van der Waals surface area contributed by atoms with Gasteiger partial charge in [-0.15, -0.1) is 0 Å². The van der Waals surface area contributed by atoms with E-state index in [0.717, 1.165) is 77.0 Å². The number of epoxide rings is 1. The first-order valence-electron chi connectivity index (χ1n) is 23.1. The molecule has 0 aliphatic carbocycles. The second kappa shape index (κ2) is 39.2. The third-order valence-electron chi connectivity index (χ3n) is 9.35. The highest BCUT2D eigenvalue weighted by Gasteiger charge is 2.36. The van der Waals surface area contributed by atoms with Crippen LogP contribution in [-0.2, 0) is 46.5 Å². The maximum atomic E-state index is 12.7. The zero-order chi connectivity index (χ0) is 47.0. The minimum Gasteiger partial charge on any atom is -0.462 e. The lowest BCUT2D eigenvalue weighted by molar-refractivity contribution is -0.161. The summed E-state index contributed by atoms with van der Waals surface area (Å²) < 4.78 is 53.5. The molecule has 364 valence electrons. The number of phosphoric acid groups is 2. The van der Waals surface area contributed by atoms with Gasteiger partial charge < -0.3 is 34.0 Å². The maximum absolute atomic E-state index is 12.7. The Morgan fingerprint density at radius 1 is 0.547 bits per heavy atom. The van der Waals surface area contributed by atoms with Crippen molar-refractivity contribution in [3.05, 3.63) is 97.2 Å². The zero-order valence-electron chi connectivity index (χ0n) is 38.3. The lowest BCUT2D eigenvalue weighted by atomic mass is 10.1. The number of ether oxygens (including phenoxy) is 3. The number of allylic oxidation sites excluding steroid dienone is 14. The van der Waals surface area contributed by atoms with Gasteiger partial charge in [0.05, 0.1) is 32.0 Å². The van der Waals surface area contributed by atoms with Crippen molar-refractivity contribution in [3.8, 4) is 0 Å². The number of hydrogen-bond acceptors (Lipinski definition) is 11. The molecule has 0 saturated carbocycles. The van der Waals surface area contributed by atoms with E-state index in [1.54, 1.807) is 0 Å². The molecule has 0 radical (unpaired) electrons. The first-order valence-corrected chi connectivity index (χ1v) is 26.1. The van der Waals surface area contributed by atoms with Crippen LogP contribution in [0.1, 0.15) is 142 Å². The van der Waals surface area contributed by atoms with Gasteiger partial charge in [0.25, 0.3) is 0 Å². The van der Waals surface area contributed by atoms with Crippen LogP contribution < -0.4 is 0 Å². The number of hydrogen-bond donors (Lipinski definition) is 4. The molecule has 16 heteroatoms. The number of carbonyl (C=O) groups excluding carboxylic acids is 2. The van der Waals surface area contributed by atoms with E-state index < -0.39 is 66.2 Å². The third kappa shape index (κ3) is 39.4. The molecule has 1 aliphatic rings. The fourth-order valence-corrected chi connectivity index (χ4v) is 6.92. The molecule has 0 bridgehead atoms. The van der Waals surface area contributed by atoms with Gasteiger partial charge in [-0.05, 0) is 96.3 Å². The van der Waals surface area contributed by atoms with Crippen LogP contribution in [0, 0.1) is 0 Å². The van der Waals surface area contributed by atoms with Gasteiger partial charge in [0.15, 0.2) is 6.10 Å². The Bertz CT molecular complexity index is 1560. The number of phosphoric ester groups is 2. The van der Waals surface area contributed by atoms with Gasteiger partial charge in [0.2, 0.25) is 0 Å². The van der Waals surface area contributed by atoms with Crippen LogP contribution in [0.2, 0.25) is 0 Å². The molecule has 1 heterocycles. The van der Waals surface area contributed by atoms with Crippen molar-refractivity contribution in [2.24, 2.45) is 0 Å². The van der Waals surface area contributed by atoms with Crippen molar-refractivity contribution >= 4 is 27.6 Å². The summed E-state index contributed by atoms with van der Waals surface area (Å²) in [7, 11) is -9.72. The molecule has 0 aromatic rings. The van der Waals surface area contributed by atoms with Crippen molar-refractivity contribution in [2.75, 3.05) is 26.4 Å². The highest BCUT2D eigenvalue weighted by atomic mass is 31.2. The largest absolute Gasteiger partial charge is 0.472 e. The van der Waals surface area contributed by atoms with Gasteiger partial charge >= 0.3 is 27.6 Å². The quantitative estimate of drug-likeness (QED) is 0.0148. The van der Waals surface area contributed by atoms with Crippen LogP contribution >= 0.6 is 15.6 Å².